The van der Waals surface area contributed by atoms with Crippen molar-refractivity contribution in [2.75, 3.05) is 14.2 Å². The lowest BCUT2D eigenvalue weighted by atomic mass is 10.2. The Bertz CT molecular complexity index is 336. The van der Waals surface area contributed by atoms with Gasteiger partial charge in [-0.15, -0.1) is 0 Å². The predicted octanol–water partition coefficient (Wildman–Crippen LogP) is 2.06. The van der Waals surface area contributed by atoms with Gasteiger partial charge in [-0.3, -0.25) is 4.79 Å². The van der Waals surface area contributed by atoms with Gasteiger partial charge in [0.15, 0.2) is 0 Å². The highest BCUT2D eigenvalue weighted by atomic mass is 16.5. The molecule has 3 nitrogen and oxygen atoms in total. The third-order valence-electron chi connectivity index (χ3n) is 2.33. The van der Waals surface area contributed by atoms with Crippen LogP contribution in [0, 0.1) is 0 Å². The standard InChI is InChI=1S/C12H17NO2/c1-4-12(14)13(2)9-10-7-5-6-8-11(10)15-3/h5-8H,4,9H2,1-3H3. The molecule has 82 valence electrons. The normalized spacial score (nSPS) is 9.80. The van der Waals surface area contributed by atoms with Crippen molar-refractivity contribution in [3.63, 3.8) is 0 Å². The van der Waals surface area contributed by atoms with E-state index in [4.69, 9.17) is 4.74 Å². The molecule has 0 unspecified atom stereocenters. The molecule has 1 amide bonds. The fourth-order valence-electron chi connectivity index (χ4n) is 1.45. The van der Waals surface area contributed by atoms with Crippen molar-refractivity contribution in [1.82, 2.24) is 4.90 Å². The van der Waals surface area contributed by atoms with Crippen LogP contribution in [0.4, 0.5) is 0 Å². The summed E-state index contributed by atoms with van der Waals surface area (Å²) in [4.78, 5) is 13.1. The first kappa shape index (κ1) is 11.6. The minimum atomic E-state index is 0.140. The van der Waals surface area contributed by atoms with Gasteiger partial charge in [0.05, 0.1) is 7.11 Å². The lowest BCUT2D eigenvalue weighted by Gasteiger charge is -2.17. The van der Waals surface area contributed by atoms with Crippen molar-refractivity contribution in [2.24, 2.45) is 0 Å². The smallest absolute Gasteiger partial charge is 0.222 e. The van der Waals surface area contributed by atoms with Crippen molar-refractivity contribution in [3.05, 3.63) is 29.8 Å². The van der Waals surface area contributed by atoms with Gasteiger partial charge in [0.1, 0.15) is 5.75 Å². The lowest BCUT2D eigenvalue weighted by molar-refractivity contribution is -0.130. The van der Waals surface area contributed by atoms with E-state index in [1.165, 1.54) is 0 Å². The molecule has 1 rings (SSSR count). The Morgan fingerprint density at radius 2 is 2.07 bits per heavy atom. The van der Waals surface area contributed by atoms with Crippen LogP contribution in [-0.2, 0) is 11.3 Å². The molecular formula is C12H17NO2. The quantitative estimate of drug-likeness (QED) is 0.756. The highest BCUT2D eigenvalue weighted by Crippen LogP contribution is 2.18. The minimum Gasteiger partial charge on any atom is -0.496 e. The summed E-state index contributed by atoms with van der Waals surface area (Å²) in [6, 6.07) is 7.74. The van der Waals surface area contributed by atoms with Gasteiger partial charge in [-0.05, 0) is 6.07 Å². The van der Waals surface area contributed by atoms with Gasteiger partial charge in [0, 0.05) is 25.6 Å². The molecule has 0 saturated heterocycles. The van der Waals surface area contributed by atoms with Crippen LogP contribution in [0.5, 0.6) is 5.75 Å². The topological polar surface area (TPSA) is 29.5 Å². The Morgan fingerprint density at radius 1 is 1.40 bits per heavy atom. The van der Waals surface area contributed by atoms with Crippen molar-refractivity contribution < 1.29 is 9.53 Å². The Kier molecular flexibility index (Phi) is 4.16. The van der Waals surface area contributed by atoms with E-state index in [1.54, 1.807) is 19.1 Å². The van der Waals surface area contributed by atoms with Crippen LogP contribution in [0.15, 0.2) is 24.3 Å². The average molecular weight is 207 g/mol. The van der Waals surface area contributed by atoms with Gasteiger partial charge in [-0.1, -0.05) is 25.1 Å². The molecule has 0 saturated carbocycles. The number of para-hydroxylation sites is 1. The predicted molar refractivity (Wildman–Crippen MR) is 59.8 cm³/mol. The highest BCUT2D eigenvalue weighted by molar-refractivity contribution is 5.75. The molecule has 0 heterocycles. The number of hydrogen-bond acceptors (Lipinski definition) is 2. The second kappa shape index (κ2) is 5.39. The maximum Gasteiger partial charge on any atom is 0.222 e. The van der Waals surface area contributed by atoms with E-state index in [0.29, 0.717) is 13.0 Å². The second-order valence-electron chi connectivity index (χ2n) is 3.42. The van der Waals surface area contributed by atoms with E-state index in [-0.39, 0.29) is 5.91 Å². The molecule has 0 aliphatic carbocycles. The van der Waals surface area contributed by atoms with Gasteiger partial charge in [-0.2, -0.15) is 0 Å². The molecule has 0 radical (unpaired) electrons. The van der Waals surface area contributed by atoms with Gasteiger partial charge in [0.2, 0.25) is 5.91 Å². The van der Waals surface area contributed by atoms with Crippen LogP contribution in [0.2, 0.25) is 0 Å². The maximum atomic E-state index is 11.4. The molecule has 0 atom stereocenters. The molecule has 0 N–H and O–H groups in total. The van der Waals surface area contributed by atoms with Gasteiger partial charge in [0.25, 0.3) is 0 Å². The van der Waals surface area contributed by atoms with Crippen LogP contribution in [-0.4, -0.2) is 25.0 Å². The highest BCUT2D eigenvalue weighted by Gasteiger charge is 2.09. The summed E-state index contributed by atoms with van der Waals surface area (Å²) in [6.07, 6.45) is 0.533. The monoisotopic (exact) mass is 207 g/mol. The van der Waals surface area contributed by atoms with E-state index >= 15 is 0 Å². The minimum absolute atomic E-state index is 0.140. The first-order valence-corrected chi connectivity index (χ1v) is 5.05. The first-order chi connectivity index (χ1) is 7.19. The fraction of sp³-hybridized carbons (Fsp3) is 0.417. The van der Waals surface area contributed by atoms with Crippen LogP contribution in [0.1, 0.15) is 18.9 Å². The maximum absolute atomic E-state index is 11.4. The molecular weight excluding hydrogens is 190 g/mol. The molecule has 1 aromatic rings. The van der Waals surface area contributed by atoms with Crippen LogP contribution in [0.25, 0.3) is 0 Å². The summed E-state index contributed by atoms with van der Waals surface area (Å²) >= 11 is 0. The van der Waals surface area contributed by atoms with Gasteiger partial charge >= 0.3 is 0 Å². The zero-order chi connectivity index (χ0) is 11.3. The zero-order valence-electron chi connectivity index (χ0n) is 9.49. The molecule has 0 bridgehead atoms. The van der Waals surface area contributed by atoms with Crippen molar-refractivity contribution >= 4 is 5.91 Å². The van der Waals surface area contributed by atoms with Crippen LogP contribution in [0.3, 0.4) is 0 Å². The number of benzene rings is 1. The Balaban J connectivity index is 2.75. The van der Waals surface area contributed by atoms with E-state index in [1.807, 2.05) is 31.2 Å². The lowest BCUT2D eigenvalue weighted by Crippen LogP contribution is -2.25. The van der Waals surface area contributed by atoms with Crippen molar-refractivity contribution in [3.8, 4) is 5.75 Å². The second-order valence-corrected chi connectivity index (χ2v) is 3.42. The zero-order valence-corrected chi connectivity index (χ0v) is 9.49. The third kappa shape index (κ3) is 2.98. The number of ether oxygens (including phenoxy) is 1. The largest absolute Gasteiger partial charge is 0.496 e. The summed E-state index contributed by atoms with van der Waals surface area (Å²) < 4.78 is 5.22. The molecule has 1 aromatic carbocycles. The summed E-state index contributed by atoms with van der Waals surface area (Å²) in [5.74, 6) is 0.967. The van der Waals surface area contributed by atoms with Crippen LogP contribution >= 0.6 is 0 Å². The van der Waals surface area contributed by atoms with Crippen molar-refractivity contribution in [2.45, 2.75) is 19.9 Å². The third-order valence-corrected chi connectivity index (χ3v) is 2.33. The van der Waals surface area contributed by atoms with Gasteiger partial charge < -0.3 is 9.64 Å². The van der Waals surface area contributed by atoms with Crippen molar-refractivity contribution in [1.29, 1.82) is 0 Å². The van der Waals surface area contributed by atoms with E-state index < -0.39 is 0 Å². The number of methoxy groups -OCH3 is 1. The molecule has 0 aliphatic heterocycles. The Hall–Kier alpha value is -1.51. The van der Waals surface area contributed by atoms with Crippen LogP contribution < -0.4 is 4.74 Å². The Labute approximate surface area is 90.7 Å². The molecule has 0 aromatic heterocycles. The molecule has 0 fully saturated rings. The van der Waals surface area contributed by atoms with E-state index in [0.717, 1.165) is 11.3 Å². The number of hydrogen-bond donors (Lipinski definition) is 0. The van der Waals surface area contributed by atoms with Gasteiger partial charge in [-0.25, -0.2) is 0 Å². The fourth-order valence-corrected chi connectivity index (χ4v) is 1.45. The summed E-state index contributed by atoms with van der Waals surface area (Å²) in [6.45, 7) is 2.46. The molecule has 3 heteroatoms. The first-order valence-electron chi connectivity index (χ1n) is 5.05. The number of carbonyl (C=O) groups is 1. The van der Waals surface area contributed by atoms with E-state index in [2.05, 4.69) is 0 Å². The van der Waals surface area contributed by atoms with E-state index in [9.17, 15) is 4.79 Å². The summed E-state index contributed by atoms with van der Waals surface area (Å²) in [5.41, 5.74) is 1.03. The number of nitrogens with zero attached hydrogens (tertiary/aromatic N) is 1. The molecule has 15 heavy (non-hydrogen) atoms. The average Bonchev–Trinajstić information content (AvgIpc) is 2.28. The molecule has 0 spiro atoms. The number of amides is 1. The summed E-state index contributed by atoms with van der Waals surface area (Å²) in [7, 11) is 3.44. The molecule has 0 aliphatic rings. The summed E-state index contributed by atoms with van der Waals surface area (Å²) in [5, 5.41) is 0. The number of carbonyl (C=O) groups excluding carboxylic acids is 1. The SMILES string of the molecule is CCC(=O)N(C)Cc1ccccc1OC. The number of rotatable bonds is 4. The Morgan fingerprint density at radius 3 is 2.67 bits per heavy atom.